The van der Waals surface area contributed by atoms with E-state index in [2.05, 4.69) is 15.6 Å². The van der Waals surface area contributed by atoms with E-state index < -0.39 is 30.0 Å². The second-order valence-corrected chi connectivity index (χ2v) is 6.92. The minimum Gasteiger partial charge on any atom is -0.460 e. The van der Waals surface area contributed by atoms with Gasteiger partial charge in [-0.15, -0.1) is 0 Å². The second kappa shape index (κ2) is 10.1. The van der Waals surface area contributed by atoms with E-state index >= 15 is 0 Å². The molecular weight excluding hydrogens is 411 g/mol. The largest absolute Gasteiger partial charge is 0.460 e. The summed E-state index contributed by atoms with van der Waals surface area (Å²) in [5, 5.41) is 5.13. The van der Waals surface area contributed by atoms with Crippen LogP contribution in [0.25, 0.3) is 11.0 Å². The van der Waals surface area contributed by atoms with Crippen LogP contribution in [-0.2, 0) is 30.4 Å². The number of carbonyl (C=O) groups is 4. The first kappa shape index (κ1) is 22.3. The van der Waals surface area contributed by atoms with Crippen LogP contribution in [0.15, 0.2) is 18.2 Å². The maximum atomic E-state index is 13.6. The van der Waals surface area contributed by atoms with Crippen molar-refractivity contribution in [1.29, 1.82) is 0 Å². The molecule has 0 bridgehead atoms. The number of rotatable bonds is 9. The Bertz CT molecular complexity index is 999. The molecule has 10 nitrogen and oxygen atoms in total. The predicted molar refractivity (Wildman–Crippen MR) is 106 cm³/mol. The lowest BCUT2D eigenvalue weighted by Crippen LogP contribution is -2.41. The number of nitrogens with zero attached hydrogens (tertiary/aromatic N) is 2. The Labute approximate surface area is 177 Å². The molecule has 1 atom stereocenters. The molecule has 1 aromatic heterocycles. The number of aromatic nitrogens is 2. The molecular formula is C20H23FN4O6. The summed E-state index contributed by atoms with van der Waals surface area (Å²) in [5.74, 6) is -4.09. The molecule has 2 N–H and O–H groups in total. The van der Waals surface area contributed by atoms with Gasteiger partial charge >= 0.3 is 11.8 Å². The van der Waals surface area contributed by atoms with Crippen molar-refractivity contribution in [3.05, 3.63) is 29.8 Å². The zero-order valence-electron chi connectivity index (χ0n) is 17.0. The Balaban J connectivity index is 1.68. The van der Waals surface area contributed by atoms with Crippen molar-refractivity contribution >= 4 is 34.6 Å². The third-order valence-electron chi connectivity index (χ3n) is 4.67. The summed E-state index contributed by atoms with van der Waals surface area (Å²) in [6.07, 6.45) is 1.80. The molecule has 1 saturated heterocycles. The SMILES string of the molecule is CCOC(=O)C(=O)c1nc2cc(F)ccc2n1CC(=O)NCC(=O)NCC1CCCO1. The molecule has 31 heavy (non-hydrogen) atoms. The Kier molecular flexibility index (Phi) is 7.29. The predicted octanol–water partition coefficient (Wildman–Crippen LogP) is 0.333. The van der Waals surface area contributed by atoms with Crippen LogP contribution in [0.2, 0.25) is 0 Å². The van der Waals surface area contributed by atoms with Crippen LogP contribution >= 0.6 is 0 Å². The number of esters is 1. The number of hydrogen-bond acceptors (Lipinski definition) is 7. The summed E-state index contributed by atoms with van der Waals surface area (Å²) in [6, 6.07) is 3.58. The minimum atomic E-state index is -1.13. The quantitative estimate of drug-likeness (QED) is 0.331. The number of Topliss-reactive ketones (excluding diaryl/α,β-unsaturated/α-hetero) is 1. The molecule has 1 aliphatic heterocycles. The van der Waals surface area contributed by atoms with E-state index in [0.29, 0.717) is 13.2 Å². The van der Waals surface area contributed by atoms with E-state index in [0.717, 1.165) is 25.0 Å². The van der Waals surface area contributed by atoms with Crippen LogP contribution in [0.5, 0.6) is 0 Å². The number of halogens is 1. The van der Waals surface area contributed by atoms with Crippen molar-refractivity contribution in [1.82, 2.24) is 20.2 Å². The van der Waals surface area contributed by atoms with Crippen LogP contribution in [0.1, 0.15) is 30.4 Å². The number of fused-ring (bicyclic) bond motifs is 1. The van der Waals surface area contributed by atoms with Crippen molar-refractivity contribution < 1.29 is 33.0 Å². The average Bonchev–Trinajstić information content (AvgIpc) is 3.38. The molecule has 166 valence electrons. The summed E-state index contributed by atoms with van der Waals surface area (Å²) in [5.41, 5.74) is 0.391. The first-order chi connectivity index (χ1) is 14.9. The molecule has 0 saturated carbocycles. The van der Waals surface area contributed by atoms with Crippen molar-refractivity contribution in [2.45, 2.75) is 32.4 Å². The van der Waals surface area contributed by atoms with Gasteiger partial charge in [-0.25, -0.2) is 14.2 Å². The van der Waals surface area contributed by atoms with Crippen LogP contribution in [0.3, 0.4) is 0 Å². The van der Waals surface area contributed by atoms with Crippen molar-refractivity contribution in [2.24, 2.45) is 0 Å². The van der Waals surface area contributed by atoms with E-state index in [1.165, 1.54) is 10.6 Å². The second-order valence-electron chi connectivity index (χ2n) is 6.92. The van der Waals surface area contributed by atoms with Crippen LogP contribution in [0, 0.1) is 5.82 Å². The highest BCUT2D eigenvalue weighted by molar-refractivity contribution is 6.40. The molecule has 1 aliphatic rings. The van der Waals surface area contributed by atoms with Crippen molar-refractivity contribution in [2.75, 3.05) is 26.3 Å². The Morgan fingerprint density at radius 1 is 1.26 bits per heavy atom. The summed E-state index contributed by atoms with van der Waals surface area (Å²) in [7, 11) is 0. The van der Waals surface area contributed by atoms with Gasteiger partial charge in [-0.2, -0.15) is 0 Å². The zero-order chi connectivity index (χ0) is 22.4. The topological polar surface area (TPSA) is 129 Å². The smallest absolute Gasteiger partial charge is 0.383 e. The third kappa shape index (κ3) is 5.63. The Hall–Kier alpha value is -3.34. The number of nitrogens with one attached hydrogen (secondary N) is 2. The number of amides is 2. The fourth-order valence-corrected chi connectivity index (χ4v) is 3.20. The monoisotopic (exact) mass is 434 g/mol. The standard InChI is InChI=1S/C20H23FN4O6/c1-2-30-20(29)18(28)19-24-14-8-12(21)5-6-15(14)25(19)11-17(27)23-10-16(26)22-9-13-4-3-7-31-13/h5-6,8,13H,2-4,7,9-11H2,1H3,(H,22,26)(H,23,27). The van der Waals surface area contributed by atoms with Gasteiger partial charge < -0.3 is 24.7 Å². The Morgan fingerprint density at radius 3 is 2.77 bits per heavy atom. The van der Waals surface area contributed by atoms with Gasteiger partial charge in [0.15, 0.2) is 5.82 Å². The highest BCUT2D eigenvalue weighted by atomic mass is 19.1. The lowest BCUT2D eigenvalue weighted by molar-refractivity contribution is -0.137. The van der Waals surface area contributed by atoms with Gasteiger partial charge in [0.25, 0.3) is 0 Å². The van der Waals surface area contributed by atoms with E-state index in [9.17, 15) is 23.6 Å². The molecule has 0 aliphatic carbocycles. The lowest BCUT2D eigenvalue weighted by atomic mass is 10.2. The number of ketones is 1. The van der Waals surface area contributed by atoms with Crippen molar-refractivity contribution in [3.63, 3.8) is 0 Å². The summed E-state index contributed by atoms with van der Waals surface area (Å²) < 4.78 is 24.9. The van der Waals surface area contributed by atoms with Crippen LogP contribution in [-0.4, -0.2) is 65.5 Å². The number of carbonyl (C=O) groups excluding carboxylic acids is 4. The van der Waals surface area contributed by atoms with Gasteiger partial charge in [0.1, 0.15) is 12.4 Å². The van der Waals surface area contributed by atoms with Gasteiger partial charge in [-0.1, -0.05) is 0 Å². The van der Waals surface area contributed by atoms with Gasteiger partial charge in [-0.05, 0) is 31.9 Å². The molecule has 1 fully saturated rings. The highest BCUT2D eigenvalue weighted by Gasteiger charge is 2.26. The molecule has 2 amide bonds. The van der Waals surface area contributed by atoms with Gasteiger partial charge in [0.05, 0.1) is 30.3 Å². The fraction of sp³-hybridized carbons (Fsp3) is 0.450. The van der Waals surface area contributed by atoms with E-state index in [1.807, 2.05) is 0 Å². The van der Waals surface area contributed by atoms with E-state index in [1.54, 1.807) is 6.92 Å². The molecule has 1 aromatic carbocycles. The number of benzene rings is 1. The fourth-order valence-electron chi connectivity index (χ4n) is 3.20. The summed E-state index contributed by atoms with van der Waals surface area (Å²) >= 11 is 0. The molecule has 1 unspecified atom stereocenters. The molecule has 2 aromatic rings. The number of hydrogen-bond donors (Lipinski definition) is 2. The molecule has 0 radical (unpaired) electrons. The molecule has 3 rings (SSSR count). The maximum absolute atomic E-state index is 13.6. The molecule has 11 heteroatoms. The van der Waals surface area contributed by atoms with Gasteiger partial charge in [-0.3, -0.25) is 14.4 Å². The van der Waals surface area contributed by atoms with Crippen LogP contribution in [0.4, 0.5) is 4.39 Å². The third-order valence-corrected chi connectivity index (χ3v) is 4.67. The minimum absolute atomic E-state index is 0.0130. The summed E-state index contributed by atoms with van der Waals surface area (Å²) in [6.45, 7) is 1.90. The summed E-state index contributed by atoms with van der Waals surface area (Å²) in [4.78, 5) is 52.6. The maximum Gasteiger partial charge on any atom is 0.383 e. The lowest BCUT2D eigenvalue weighted by Gasteiger charge is -2.12. The van der Waals surface area contributed by atoms with E-state index in [-0.39, 0.29) is 42.0 Å². The van der Waals surface area contributed by atoms with Crippen LogP contribution < -0.4 is 10.6 Å². The van der Waals surface area contributed by atoms with E-state index in [4.69, 9.17) is 9.47 Å². The van der Waals surface area contributed by atoms with Crippen molar-refractivity contribution in [3.8, 4) is 0 Å². The Morgan fingerprint density at radius 2 is 2.06 bits per heavy atom. The first-order valence-electron chi connectivity index (χ1n) is 9.91. The molecule has 0 spiro atoms. The first-order valence-corrected chi connectivity index (χ1v) is 9.91. The normalized spacial score (nSPS) is 15.6. The van der Waals surface area contributed by atoms with Gasteiger partial charge in [0.2, 0.25) is 11.8 Å². The number of ether oxygens (including phenoxy) is 2. The zero-order valence-corrected chi connectivity index (χ0v) is 17.0. The van der Waals surface area contributed by atoms with Gasteiger partial charge in [0, 0.05) is 19.2 Å². The average molecular weight is 434 g/mol. The number of imidazole rings is 1. The molecule has 2 heterocycles. The highest BCUT2D eigenvalue weighted by Crippen LogP contribution is 2.18.